The predicted octanol–water partition coefficient (Wildman–Crippen LogP) is 3.88. The topological polar surface area (TPSA) is 49.9 Å². The second kappa shape index (κ2) is 7.60. The molecule has 0 aromatic heterocycles. The molecule has 0 N–H and O–H groups in total. The maximum absolute atomic E-state index is 12.8. The monoisotopic (exact) mass is 372 g/mol. The van der Waals surface area contributed by atoms with E-state index < -0.39 is 17.3 Å². The van der Waals surface area contributed by atoms with Crippen LogP contribution >= 0.6 is 0 Å². The molecule has 3 rings (SSSR count). The van der Waals surface area contributed by atoms with Crippen LogP contribution in [0.25, 0.3) is 0 Å². The fourth-order valence-electron chi connectivity index (χ4n) is 3.27. The van der Waals surface area contributed by atoms with Crippen LogP contribution in [0.1, 0.15) is 31.0 Å². The summed E-state index contributed by atoms with van der Waals surface area (Å²) < 4.78 is 18.3. The van der Waals surface area contributed by atoms with Crippen molar-refractivity contribution in [2.24, 2.45) is 0 Å². The zero-order valence-electron chi connectivity index (χ0n) is 15.5. The van der Waals surface area contributed by atoms with E-state index in [0.717, 1.165) is 11.1 Å². The van der Waals surface area contributed by atoms with Crippen LogP contribution < -0.4 is 0 Å². The number of amides is 2. The minimum Gasteiger partial charge on any atom is -0.322 e. The number of nitrogens with zero attached hydrogens (tertiary/aromatic N) is 2. The molecular formula is C20H24N2O3S. The van der Waals surface area contributed by atoms with E-state index in [-0.39, 0.29) is 18.1 Å². The summed E-state index contributed by atoms with van der Waals surface area (Å²) in [5, 5.41) is 0. The smallest absolute Gasteiger partial charge is 0.322 e. The first-order valence-electron chi connectivity index (χ1n) is 8.66. The second-order valence-electron chi connectivity index (χ2n) is 6.64. The molecule has 2 aromatic rings. The number of urea groups is 1. The molecule has 2 amide bonds. The van der Waals surface area contributed by atoms with Crippen molar-refractivity contribution in [2.75, 3.05) is 7.05 Å². The van der Waals surface area contributed by atoms with Crippen molar-refractivity contribution in [3.8, 4) is 0 Å². The minimum absolute atomic E-state index is 0.0104. The van der Waals surface area contributed by atoms with Crippen LogP contribution in [0.2, 0.25) is 0 Å². The molecule has 0 spiro atoms. The maximum Gasteiger partial charge on any atom is 0.322 e. The van der Waals surface area contributed by atoms with E-state index in [1.165, 1.54) is 0 Å². The van der Waals surface area contributed by atoms with Gasteiger partial charge in [-0.15, -0.1) is 0 Å². The van der Waals surface area contributed by atoms with E-state index in [0.29, 0.717) is 4.90 Å². The summed E-state index contributed by atoms with van der Waals surface area (Å²) in [5.74, 6) is 0. The van der Waals surface area contributed by atoms with Gasteiger partial charge in [-0.3, -0.25) is 9.08 Å². The zero-order valence-corrected chi connectivity index (χ0v) is 16.3. The molecule has 6 heteroatoms. The Balaban J connectivity index is 1.83. The molecule has 0 bridgehead atoms. The lowest BCUT2D eigenvalue weighted by Crippen LogP contribution is -2.40. The summed E-state index contributed by atoms with van der Waals surface area (Å²) in [6.07, 6.45) is -0.623. The Morgan fingerprint density at radius 3 is 2.31 bits per heavy atom. The summed E-state index contributed by atoms with van der Waals surface area (Å²) >= 11 is -1.64. The number of hydrogen-bond donors (Lipinski definition) is 0. The zero-order chi connectivity index (χ0) is 18.8. The highest BCUT2D eigenvalue weighted by Crippen LogP contribution is 2.36. The highest BCUT2D eigenvalue weighted by atomic mass is 32.2. The standard InChI is InChI=1S/C20H24N2O3S/c1-14-10-12-18(13-11-14)26(24)25-16(3)22-19(15(2)21(4)20(22)23)17-8-6-5-7-9-17/h5-13,15-16,19H,1-4H3/t15-,16-,19-,26?/m0/s1. The molecule has 0 aliphatic carbocycles. The highest BCUT2D eigenvalue weighted by Gasteiger charge is 2.45. The maximum atomic E-state index is 12.8. The van der Waals surface area contributed by atoms with E-state index in [2.05, 4.69) is 0 Å². The van der Waals surface area contributed by atoms with E-state index in [9.17, 15) is 9.00 Å². The summed E-state index contributed by atoms with van der Waals surface area (Å²) in [6, 6.07) is 16.9. The minimum atomic E-state index is -1.64. The molecule has 4 atom stereocenters. The highest BCUT2D eigenvalue weighted by molar-refractivity contribution is 7.80. The van der Waals surface area contributed by atoms with Crippen LogP contribution in [-0.4, -0.2) is 39.4 Å². The fourth-order valence-corrected chi connectivity index (χ4v) is 4.08. The molecule has 2 aromatic carbocycles. The van der Waals surface area contributed by atoms with Gasteiger partial charge < -0.3 is 4.90 Å². The average Bonchev–Trinajstić information content (AvgIpc) is 2.87. The van der Waals surface area contributed by atoms with Gasteiger partial charge in [0.25, 0.3) is 0 Å². The molecule has 1 fully saturated rings. The van der Waals surface area contributed by atoms with Gasteiger partial charge in [0.05, 0.1) is 17.0 Å². The molecule has 0 saturated carbocycles. The van der Waals surface area contributed by atoms with Crippen LogP contribution in [-0.2, 0) is 15.3 Å². The number of carbonyl (C=O) groups is 1. The quantitative estimate of drug-likeness (QED) is 0.800. The Labute approximate surface area is 157 Å². The molecule has 1 aliphatic heterocycles. The van der Waals surface area contributed by atoms with E-state index in [1.54, 1.807) is 35.9 Å². The third kappa shape index (κ3) is 3.52. The Morgan fingerprint density at radius 1 is 1.08 bits per heavy atom. The first-order chi connectivity index (χ1) is 12.4. The number of hydrogen-bond acceptors (Lipinski definition) is 3. The average molecular weight is 372 g/mol. The second-order valence-corrected chi connectivity index (χ2v) is 7.77. The molecule has 1 heterocycles. The summed E-state index contributed by atoms with van der Waals surface area (Å²) in [7, 11) is 1.78. The van der Waals surface area contributed by atoms with Crippen LogP contribution in [0, 0.1) is 6.92 Å². The van der Waals surface area contributed by atoms with Crippen molar-refractivity contribution in [1.82, 2.24) is 9.80 Å². The van der Waals surface area contributed by atoms with Gasteiger partial charge in [0.1, 0.15) is 6.23 Å². The summed E-state index contributed by atoms with van der Waals surface area (Å²) in [6.45, 7) is 5.76. The summed E-state index contributed by atoms with van der Waals surface area (Å²) in [4.78, 5) is 16.7. The van der Waals surface area contributed by atoms with Gasteiger partial charge in [0.2, 0.25) is 0 Å². The predicted molar refractivity (Wildman–Crippen MR) is 102 cm³/mol. The SMILES string of the molecule is Cc1ccc(S(=O)O[C@@H](C)N2C(=O)N(C)[C@@H](C)[C@H]2c2ccccc2)cc1. The third-order valence-corrected chi connectivity index (χ3v) is 5.97. The Bertz CT molecular complexity index is 794. The van der Waals surface area contributed by atoms with Gasteiger partial charge in [-0.25, -0.2) is 9.00 Å². The van der Waals surface area contributed by atoms with Crippen LogP contribution in [0.5, 0.6) is 0 Å². The first-order valence-corrected chi connectivity index (χ1v) is 9.73. The normalized spacial score (nSPS) is 22.5. The molecule has 138 valence electrons. The van der Waals surface area contributed by atoms with Crippen LogP contribution in [0.15, 0.2) is 59.5 Å². The molecule has 1 aliphatic rings. The van der Waals surface area contributed by atoms with Gasteiger partial charge in [0, 0.05) is 7.05 Å². The third-order valence-electron chi connectivity index (χ3n) is 4.86. The van der Waals surface area contributed by atoms with Gasteiger partial charge >= 0.3 is 6.03 Å². The molecule has 1 saturated heterocycles. The van der Waals surface area contributed by atoms with Crippen LogP contribution in [0.4, 0.5) is 4.79 Å². The number of benzene rings is 2. The van der Waals surface area contributed by atoms with E-state index in [1.807, 2.05) is 56.3 Å². The number of aryl methyl sites for hydroxylation is 1. The van der Waals surface area contributed by atoms with Crippen molar-refractivity contribution in [2.45, 2.75) is 44.0 Å². The van der Waals surface area contributed by atoms with Gasteiger partial charge in [0.15, 0.2) is 11.1 Å². The number of likely N-dealkylation sites (N-methyl/N-ethyl adjacent to an activating group) is 1. The lowest BCUT2D eigenvalue weighted by Gasteiger charge is -2.30. The molecular weight excluding hydrogens is 348 g/mol. The fraction of sp³-hybridized carbons (Fsp3) is 0.350. The van der Waals surface area contributed by atoms with Crippen molar-refractivity contribution in [3.05, 3.63) is 65.7 Å². The Morgan fingerprint density at radius 2 is 1.69 bits per heavy atom. The number of rotatable bonds is 5. The van der Waals surface area contributed by atoms with Crippen LogP contribution in [0.3, 0.4) is 0 Å². The van der Waals surface area contributed by atoms with E-state index in [4.69, 9.17) is 4.18 Å². The summed E-state index contributed by atoms with van der Waals surface area (Å²) in [5.41, 5.74) is 2.13. The lowest BCUT2D eigenvalue weighted by atomic mass is 10.0. The van der Waals surface area contributed by atoms with E-state index >= 15 is 0 Å². The van der Waals surface area contributed by atoms with Crippen molar-refractivity contribution < 1.29 is 13.2 Å². The van der Waals surface area contributed by atoms with Crippen molar-refractivity contribution in [1.29, 1.82) is 0 Å². The van der Waals surface area contributed by atoms with Crippen molar-refractivity contribution in [3.63, 3.8) is 0 Å². The van der Waals surface area contributed by atoms with Gasteiger partial charge in [-0.05, 0) is 38.5 Å². The lowest BCUT2D eigenvalue weighted by molar-refractivity contribution is 0.0627. The van der Waals surface area contributed by atoms with Gasteiger partial charge in [-0.2, -0.15) is 0 Å². The first kappa shape index (κ1) is 18.6. The molecule has 5 nitrogen and oxygen atoms in total. The van der Waals surface area contributed by atoms with Crippen molar-refractivity contribution >= 4 is 17.1 Å². The molecule has 0 radical (unpaired) electrons. The largest absolute Gasteiger partial charge is 0.322 e. The number of carbonyl (C=O) groups excluding carboxylic acids is 1. The van der Waals surface area contributed by atoms with Gasteiger partial charge in [-0.1, -0.05) is 48.0 Å². The Hall–Kier alpha value is -2.18. The Kier molecular flexibility index (Phi) is 5.44. The molecule has 26 heavy (non-hydrogen) atoms. The molecule has 1 unspecified atom stereocenters.